The summed E-state index contributed by atoms with van der Waals surface area (Å²) in [5.41, 5.74) is -0.276. The molecule has 0 bridgehead atoms. The molecule has 0 aromatic heterocycles. The lowest BCUT2D eigenvalue weighted by atomic mass is 9.94. The van der Waals surface area contributed by atoms with Gasteiger partial charge in [0.1, 0.15) is 5.92 Å². The predicted octanol–water partition coefficient (Wildman–Crippen LogP) is 1.72. The van der Waals surface area contributed by atoms with Gasteiger partial charge in [-0.25, -0.2) is 8.78 Å². The Hall–Kier alpha value is -0.710. The highest BCUT2D eigenvalue weighted by atomic mass is 19.3. The van der Waals surface area contributed by atoms with Gasteiger partial charge in [0.25, 0.3) is 5.92 Å². The van der Waals surface area contributed by atoms with E-state index in [1.807, 2.05) is 13.8 Å². The lowest BCUT2D eigenvalue weighted by Gasteiger charge is -2.35. The summed E-state index contributed by atoms with van der Waals surface area (Å²) in [5.74, 6) is -4.38. The number of amides is 1. The summed E-state index contributed by atoms with van der Waals surface area (Å²) < 4.78 is 30.8. The maximum atomic E-state index is 12.7. The maximum absolute atomic E-state index is 12.7. The van der Waals surface area contributed by atoms with E-state index in [-0.39, 0.29) is 18.1 Å². The Labute approximate surface area is 93.5 Å². The van der Waals surface area contributed by atoms with Crippen LogP contribution < -0.4 is 5.32 Å². The quantitative estimate of drug-likeness (QED) is 0.788. The van der Waals surface area contributed by atoms with Crippen LogP contribution in [0, 0.1) is 5.92 Å². The topological polar surface area (TPSA) is 38.3 Å². The summed E-state index contributed by atoms with van der Waals surface area (Å²) in [4.78, 5) is 11.5. The molecule has 16 heavy (non-hydrogen) atoms. The van der Waals surface area contributed by atoms with Crippen molar-refractivity contribution in [1.29, 1.82) is 0 Å². The number of nitrogens with one attached hydrogen (secondary N) is 1. The number of alkyl halides is 2. The molecule has 92 valence electrons. The first-order valence-corrected chi connectivity index (χ1v) is 5.62. The molecule has 1 saturated carbocycles. The highest BCUT2D eigenvalue weighted by molar-refractivity contribution is 5.83. The molecule has 0 spiro atoms. The van der Waals surface area contributed by atoms with Gasteiger partial charge in [-0.2, -0.15) is 0 Å². The van der Waals surface area contributed by atoms with Crippen molar-refractivity contribution in [3.63, 3.8) is 0 Å². The highest BCUT2D eigenvalue weighted by Crippen LogP contribution is 2.48. The minimum atomic E-state index is -2.77. The molecule has 1 aliphatic carbocycles. The van der Waals surface area contributed by atoms with Crippen LogP contribution in [-0.4, -0.2) is 30.1 Å². The van der Waals surface area contributed by atoms with E-state index in [1.165, 1.54) is 0 Å². The second kappa shape index (κ2) is 3.65. The first kappa shape index (κ1) is 11.8. The van der Waals surface area contributed by atoms with Gasteiger partial charge in [-0.15, -0.1) is 0 Å². The molecule has 2 fully saturated rings. The SMILES string of the molecule is CC1(C)CC(NC(=O)C2CC2(F)F)CCO1. The van der Waals surface area contributed by atoms with Crippen molar-refractivity contribution in [1.82, 2.24) is 5.32 Å². The summed E-state index contributed by atoms with van der Waals surface area (Å²) in [5, 5.41) is 2.69. The average Bonchev–Trinajstić information content (AvgIpc) is 2.73. The molecule has 2 rings (SSSR count). The van der Waals surface area contributed by atoms with Crippen molar-refractivity contribution in [2.24, 2.45) is 5.92 Å². The Kier molecular flexibility index (Phi) is 2.69. The van der Waals surface area contributed by atoms with Crippen LogP contribution in [0.3, 0.4) is 0 Å². The molecule has 2 atom stereocenters. The van der Waals surface area contributed by atoms with Gasteiger partial charge in [-0.1, -0.05) is 0 Å². The normalized spacial score (nSPS) is 35.5. The Morgan fingerprint density at radius 1 is 1.38 bits per heavy atom. The van der Waals surface area contributed by atoms with E-state index < -0.39 is 17.7 Å². The fraction of sp³-hybridized carbons (Fsp3) is 0.909. The Morgan fingerprint density at radius 3 is 2.50 bits per heavy atom. The van der Waals surface area contributed by atoms with Crippen LogP contribution in [0.25, 0.3) is 0 Å². The molecule has 1 amide bonds. The Balaban J connectivity index is 1.84. The molecule has 1 saturated heterocycles. The Morgan fingerprint density at radius 2 is 2.00 bits per heavy atom. The number of hydrogen-bond donors (Lipinski definition) is 1. The summed E-state index contributed by atoms with van der Waals surface area (Å²) in [6.07, 6.45) is 1.08. The Bertz CT molecular complexity index is 304. The molecular weight excluding hydrogens is 216 g/mol. The van der Waals surface area contributed by atoms with Gasteiger partial charge in [-0.3, -0.25) is 4.79 Å². The molecule has 3 nitrogen and oxygen atoms in total. The lowest BCUT2D eigenvalue weighted by molar-refractivity contribution is -0.127. The molecule has 1 aliphatic heterocycles. The minimum absolute atomic E-state index is 0.0346. The fourth-order valence-corrected chi connectivity index (χ4v) is 2.15. The maximum Gasteiger partial charge on any atom is 0.260 e. The largest absolute Gasteiger partial charge is 0.375 e. The molecule has 5 heteroatoms. The van der Waals surface area contributed by atoms with Gasteiger partial charge in [-0.05, 0) is 26.7 Å². The third-order valence-corrected chi connectivity index (χ3v) is 3.19. The minimum Gasteiger partial charge on any atom is -0.375 e. The van der Waals surface area contributed by atoms with Crippen molar-refractivity contribution in [2.75, 3.05) is 6.61 Å². The van der Waals surface area contributed by atoms with Crippen molar-refractivity contribution < 1.29 is 18.3 Å². The molecular formula is C11H17F2NO2. The molecule has 2 aliphatic rings. The zero-order valence-electron chi connectivity index (χ0n) is 9.56. The summed E-state index contributed by atoms with van der Waals surface area (Å²) in [6.45, 7) is 4.45. The average molecular weight is 233 g/mol. The fourth-order valence-electron chi connectivity index (χ4n) is 2.15. The first-order chi connectivity index (χ1) is 7.30. The van der Waals surface area contributed by atoms with E-state index in [9.17, 15) is 13.6 Å². The monoisotopic (exact) mass is 233 g/mol. The van der Waals surface area contributed by atoms with E-state index in [0.717, 1.165) is 0 Å². The van der Waals surface area contributed by atoms with Gasteiger partial charge in [0.15, 0.2) is 0 Å². The van der Waals surface area contributed by atoms with Crippen LogP contribution in [0.1, 0.15) is 33.1 Å². The van der Waals surface area contributed by atoms with Crippen molar-refractivity contribution in [2.45, 2.75) is 50.7 Å². The summed E-state index contributed by atoms with van der Waals surface area (Å²) in [7, 11) is 0. The van der Waals surface area contributed by atoms with E-state index in [0.29, 0.717) is 19.4 Å². The lowest BCUT2D eigenvalue weighted by Crippen LogP contribution is -2.46. The molecule has 1 heterocycles. The zero-order valence-corrected chi connectivity index (χ0v) is 9.56. The van der Waals surface area contributed by atoms with Crippen LogP contribution >= 0.6 is 0 Å². The van der Waals surface area contributed by atoms with Gasteiger partial charge < -0.3 is 10.1 Å². The van der Waals surface area contributed by atoms with E-state index >= 15 is 0 Å². The second-order valence-corrected chi connectivity index (χ2v) is 5.32. The highest BCUT2D eigenvalue weighted by Gasteiger charge is 2.61. The van der Waals surface area contributed by atoms with Crippen LogP contribution in [0.2, 0.25) is 0 Å². The molecule has 0 radical (unpaired) electrons. The van der Waals surface area contributed by atoms with E-state index in [4.69, 9.17) is 4.74 Å². The third-order valence-electron chi connectivity index (χ3n) is 3.19. The van der Waals surface area contributed by atoms with Crippen LogP contribution in [-0.2, 0) is 9.53 Å². The number of carbonyl (C=O) groups is 1. The second-order valence-electron chi connectivity index (χ2n) is 5.32. The van der Waals surface area contributed by atoms with Crippen molar-refractivity contribution in [3.05, 3.63) is 0 Å². The summed E-state index contributed by atoms with van der Waals surface area (Å²) >= 11 is 0. The van der Waals surface area contributed by atoms with Crippen LogP contribution in [0.5, 0.6) is 0 Å². The predicted molar refractivity (Wildman–Crippen MR) is 54.2 cm³/mol. The van der Waals surface area contributed by atoms with Crippen LogP contribution in [0.4, 0.5) is 8.78 Å². The first-order valence-electron chi connectivity index (χ1n) is 5.62. The summed E-state index contributed by atoms with van der Waals surface area (Å²) in [6, 6.07) is -0.0346. The van der Waals surface area contributed by atoms with Crippen molar-refractivity contribution in [3.8, 4) is 0 Å². The van der Waals surface area contributed by atoms with Crippen molar-refractivity contribution >= 4 is 5.91 Å². The van der Waals surface area contributed by atoms with Gasteiger partial charge in [0.05, 0.1) is 5.60 Å². The smallest absolute Gasteiger partial charge is 0.260 e. The third kappa shape index (κ3) is 2.51. The molecule has 2 unspecified atom stereocenters. The van der Waals surface area contributed by atoms with Gasteiger partial charge in [0.2, 0.25) is 5.91 Å². The zero-order chi connectivity index (χ0) is 12.0. The molecule has 0 aromatic rings. The van der Waals surface area contributed by atoms with E-state index in [2.05, 4.69) is 5.32 Å². The van der Waals surface area contributed by atoms with E-state index in [1.54, 1.807) is 0 Å². The van der Waals surface area contributed by atoms with Gasteiger partial charge in [0, 0.05) is 19.1 Å². The number of hydrogen-bond acceptors (Lipinski definition) is 2. The molecule has 0 aromatic carbocycles. The molecule has 1 N–H and O–H groups in total. The number of ether oxygens (including phenoxy) is 1. The number of carbonyl (C=O) groups excluding carboxylic acids is 1. The number of halogens is 2. The van der Waals surface area contributed by atoms with Gasteiger partial charge >= 0.3 is 0 Å². The van der Waals surface area contributed by atoms with Crippen LogP contribution in [0.15, 0.2) is 0 Å². The number of rotatable bonds is 2. The standard InChI is InChI=1S/C11H17F2NO2/c1-10(2)5-7(3-4-16-10)14-9(15)8-6-11(8,12)13/h7-8H,3-6H2,1-2H3,(H,14,15).